The molecule has 1 saturated heterocycles. The molecule has 0 aromatic rings. The van der Waals surface area contributed by atoms with Crippen molar-refractivity contribution in [1.82, 2.24) is 4.90 Å². The van der Waals surface area contributed by atoms with Gasteiger partial charge in [-0.3, -0.25) is 0 Å². The zero-order valence-corrected chi connectivity index (χ0v) is 11.3. The second-order valence-corrected chi connectivity index (χ2v) is 6.05. The van der Waals surface area contributed by atoms with E-state index in [0.29, 0.717) is 0 Å². The summed E-state index contributed by atoms with van der Waals surface area (Å²) in [6.07, 6.45) is 4.23. The van der Waals surface area contributed by atoms with Gasteiger partial charge in [0.25, 0.3) is 0 Å². The van der Waals surface area contributed by atoms with E-state index in [1.807, 2.05) is 0 Å². The Morgan fingerprint density at radius 2 is 1.40 bits per heavy atom. The topological polar surface area (TPSA) is 3.24 Å². The monoisotopic (exact) mass is 211 g/mol. The zero-order valence-electron chi connectivity index (χ0n) is 11.3. The average molecular weight is 211 g/mol. The van der Waals surface area contributed by atoms with Crippen LogP contribution in [0.25, 0.3) is 0 Å². The maximum Gasteiger partial charge on any atom is -0.00189 e. The van der Waals surface area contributed by atoms with Crippen LogP contribution < -0.4 is 0 Å². The quantitative estimate of drug-likeness (QED) is 0.674. The summed E-state index contributed by atoms with van der Waals surface area (Å²) < 4.78 is 0. The van der Waals surface area contributed by atoms with Gasteiger partial charge in [-0.1, -0.05) is 27.7 Å². The first-order valence-corrected chi connectivity index (χ1v) is 6.71. The number of hydrogen-bond donors (Lipinski definition) is 0. The molecule has 0 aromatic heterocycles. The lowest BCUT2D eigenvalue weighted by atomic mass is 9.72. The molecule has 2 unspecified atom stereocenters. The number of hydrogen-bond acceptors (Lipinski definition) is 1. The van der Waals surface area contributed by atoms with Gasteiger partial charge < -0.3 is 4.90 Å². The van der Waals surface area contributed by atoms with Gasteiger partial charge in [0.05, 0.1) is 0 Å². The van der Waals surface area contributed by atoms with Crippen molar-refractivity contribution in [3.05, 3.63) is 0 Å². The van der Waals surface area contributed by atoms with Crippen molar-refractivity contribution in [3.8, 4) is 0 Å². The van der Waals surface area contributed by atoms with Crippen LogP contribution in [0.3, 0.4) is 0 Å². The van der Waals surface area contributed by atoms with Gasteiger partial charge in [-0.15, -0.1) is 0 Å². The Balaban J connectivity index is 2.64. The van der Waals surface area contributed by atoms with E-state index < -0.39 is 0 Å². The van der Waals surface area contributed by atoms with Crippen molar-refractivity contribution in [3.63, 3.8) is 0 Å². The molecule has 0 radical (unpaired) electrons. The molecule has 0 aromatic carbocycles. The second-order valence-electron chi connectivity index (χ2n) is 6.05. The lowest BCUT2D eigenvalue weighted by Crippen LogP contribution is -2.33. The Bertz CT molecular complexity index is 174. The lowest BCUT2D eigenvalue weighted by Gasteiger charge is -2.37. The molecule has 0 spiro atoms. The van der Waals surface area contributed by atoms with E-state index in [1.165, 1.54) is 32.4 Å². The molecule has 0 saturated carbocycles. The van der Waals surface area contributed by atoms with Gasteiger partial charge in [0.15, 0.2) is 0 Å². The van der Waals surface area contributed by atoms with Gasteiger partial charge in [-0.25, -0.2) is 0 Å². The number of rotatable bonds is 2. The summed E-state index contributed by atoms with van der Waals surface area (Å²) in [4.78, 5) is 2.51. The molecule has 15 heavy (non-hydrogen) atoms. The van der Waals surface area contributed by atoms with Crippen LogP contribution in [-0.4, -0.2) is 25.0 Å². The third-order valence-electron chi connectivity index (χ3n) is 4.18. The highest BCUT2D eigenvalue weighted by molar-refractivity contribution is 4.78. The van der Waals surface area contributed by atoms with Crippen LogP contribution >= 0.6 is 0 Å². The fraction of sp³-hybridized carbons (Fsp3) is 1.00. The highest BCUT2D eigenvalue weighted by atomic mass is 15.1. The van der Waals surface area contributed by atoms with Crippen LogP contribution in [0.5, 0.6) is 0 Å². The Hall–Kier alpha value is -0.0400. The van der Waals surface area contributed by atoms with E-state index in [9.17, 15) is 0 Å². The Morgan fingerprint density at radius 3 is 1.93 bits per heavy atom. The van der Waals surface area contributed by atoms with E-state index in [-0.39, 0.29) is 0 Å². The van der Waals surface area contributed by atoms with Crippen molar-refractivity contribution in [1.29, 1.82) is 0 Å². The van der Waals surface area contributed by atoms with Gasteiger partial charge in [0, 0.05) is 0 Å². The van der Waals surface area contributed by atoms with Crippen LogP contribution in [0.15, 0.2) is 0 Å². The minimum Gasteiger partial charge on any atom is -0.306 e. The van der Waals surface area contributed by atoms with E-state index >= 15 is 0 Å². The van der Waals surface area contributed by atoms with E-state index in [1.54, 1.807) is 0 Å². The fourth-order valence-electron chi connectivity index (χ4n) is 3.16. The van der Waals surface area contributed by atoms with Crippen LogP contribution in [0.1, 0.15) is 47.0 Å². The molecule has 1 heteroatoms. The van der Waals surface area contributed by atoms with Crippen molar-refractivity contribution < 1.29 is 0 Å². The molecule has 0 amide bonds. The maximum absolute atomic E-state index is 2.51. The van der Waals surface area contributed by atoms with Crippen molar-refractivity contribution in [2.45, 2.75) is 47.0 Å². The third kappa shape index (κ3) is 3.79. The van der Waals surface area contributed by atoms with E-state index in [2.05, 4.69) is 39.6 Å². The largest absolute Gasteiger partial charge is 0.306 e. The molecule has 1 fully saturated rings. The standard InChI is InChI=1S/C14H29N/c1-11(2)13-7-6-9-15(5)10-8-14(13)12(3)4/h11-14H,6-10H2,1-5H3. The molecular formula is C14H29N. The summed E-state index contributed by atoms with van der Waals surface area (Å²) in [6.45, 7) is 12.2. The summed E-state index contributed by atoms with van der Waals surface area (Å²) in [6, 6.07) is 0. The van der Waals surface area contributed by atoms with Crippen molar-refractivity contribution in [2.24, 2.45) is 23.7 Å². The minimum absolute atomic E-state index is 0.851. The van der Waals surface area contributed by atoms with E-state index in [0.717, 1.165) is 23.7 Å². The molecule has 0 bridgehead atoms. The second kappa shape index (κ2) is 5.89. The Kier molecular flexibility index (Phi) is 5.11. The van der Waals surface area contributed by atoms with Crippen LogP contribution in [0, 0.1) is 23.7 Å². The summed E-state index contributed by atoms with van der Waals surface area (Å²) >= 11 is 0. The molecule has 90 valence electrons. The third-order valence-corrected chi connectivity index (χ3v) is 4.18. The predicted octanol–water partition coefficient (Wildman–Crippen LogP) is 3.65. The Labute approximate surface area is 96.2 Å². The molecule has 1 rings (SSSR count). The van der Waals surface area contributed by atoms with Gasteiger partial charge in [0.2, 0.25) is 0 Å². The molecule has 0 aliphatic carbocycles. The van der Waals surface area contributed by atoms with Gasteiger partial charge in [-0.05, 0) is 63.1 Å². The highest BCUT2D eigenvalue weighted by Gasteiger charge is 2.28. The predicted molar refractivity (Wildman–Crippen MR) is 68.0 cm³/mol. The SMILES string of the molecule is CC(C)C1CCCN(C)CCC1C(C)C. The van der Waals surface area contributed by atoms with Crippen molar-refractivity contribution in [2.75, 3.05) is 20.1 Å². The molecule has 1 heterocycles. The summed E-state index contributed by atoms with van der Waals surface area (Å²) in [5, 5.41) is 0. The molecule has 2 atom stereocenters. The average Bonchev–Trinajstić information content (AvgIpc) is 2.10. The highest BCUT2D eigenvalue weighted by Crippen LogP contribution is 2.34. The van der Waals surface area contributed by atoms with Gasteiger partial charge in [-0.2, -0.15) is 0 Å². The van der Waals surface area contributed by atoms with Crippen molar-refractivity contribution >= 4 is 0 Å². The zero-order chi connectivity index (χ0) is 11.4. The Morgan fingerprint density at radius 1 is 0.867 bits per heavy atom. The number of nitrogens with zero attached hydrogens (tertiary/aromatic N) is 1. The summed E-state index contributed by atoms with van der Waals surface area (Å²) in [5.41, 5.74) is 0. The molecule has 0 N–H and O–H groups in total. The van der Waals surface area contributed by atoms with Gasteiger partial charge >= 0.3 is 0 Å². The smallest absolute Gasteiger partial charge is 0.00189 e. The van der Waals surface area contributed by atoms with Crippen LogP contribution in [-0.2, 0) is 0 Å². The van der Waals surface area contributed by atoms with Crippen LogP contribution in [0.4, 0.5) is 0 Å². The van der Waals surface area contributed by atoms with Crippen LogP contribution in [0.2, 0.25) is 0 Å². The summed E-state index contributed by atoms with van der Waals surface area (Å²) in [5.74, 6) is 3.61. The van der Waals surface area contributed by atoms with E-state index in [4.69, 9.17) is 0 Å². The molecule has 1 nitrogen and oxygen atoms in total. The van der Waals surface area contributed by atoms with Gasteiger partial charge in [0.1, 0.15) is 0 Å². The molecular weight excluding hydrogens is 182 g/mol. The molecule has 1 aliphatic rings. The molecule has 1 aliphatic heterocycles. The fourth-order valence-corrected chi connectivity index (χ4v) is 3.16. The summed E-state index contributed by atoms with van der Waals surface area (Å²) in [7, 11) is 2.27. The lowest BCUT2D eigenvalue weighted by molar-refractivity contribution is 0.128. The normalized spacial score (nSPS) is 30.6. The minimum atomic E-state index is 0.851. The first kappa shape index (κ1) is 13.0. The number of likely N-dealkylation sites (tertiary alicyclic amines) is 1. The first-order chi connectivity index (χ1) is 7.02. The first-order valence-electron chi connectivity index (χ1n) is 6.71. The maximum atomic E-state index is 2.51.